The molecule has 26 heavy (non-hydrogen) atoms. The lowest BCUT2D eigenvalue weighted by atomic mass is 9.86. The first-order valence-electron chi connectivity index (χ1n) is 9.72. The van der Waals surface area contributed by atoms with Crippen LogP contribution in [0.4, 0.5) is 11.4 Å². The van der Waals surface area contributed by atoms with Crippen LogP contribution in [0.2, 0.25) is 0 Å². The highest BCUT2D eigenvalue weighted by Gasteiger charge is 2.22. The van der Waals surface area contributed by atoms with Crippen molar-refractivity contribution < 1.29 is 0 Å². The van der Waals surface area contributed by atoms with Gasteiger partial charge in [0.1, 0.15) is 0 Å². The van der Waals surface area contributed by atoms with Crippen molar-refractivity contribution >= 4 is 32.9 Å². The van der Waals surface area contributed by atoms with Crippen molar-refractivity contribution in [1.82, 2.24) is 0 Å². The van der Waals surface area contributed by atoms with Crippen LogP contribution in [0.1, 0.15) is 36.1 Å². The van der Waals surface area contributed by atoms with E-state index in [9.17, 15) is 0 Å². The molecule has 0 spiro atoms. The number of hydrogen-bond donors (Lipinski definition) is 0. The summed E-state index contributed by atoms with van der Waals surface area (Å²) in [5.41, 5.74) is 8.40. The third-order valence-corrected chi connectivity index (χ3v) is 6.31. The molecule has 0 aromatic heterocycles. The Bertz CT molecular complexity index is 905. The number of fused-ring (bicyclic) bond motifs is 2. The minimum Gasteiger partial charge on any atom is -0.374 e. The first-order chi connectivity index (χ1) is 12.3. The number of benzene rings is 3. The van der Waals surface area contributed by atoms with Gasteiger partial charge in [-0.15, -0.1) is 0 Å². The lowest BCUT2D eigenvalue weighted by molar-refractivity contribution is 0.970. The molecule has 0 amide bonds. The van der Waals surface area contributed by atoms with Crippen LogP contribution in [0, 0.1) is 27.7 Å². The number of nitrogens with zero attached hydrogens (tertiary/aromatic N) is 2. The predicted octanol–water partition coefficient (Wildman–Crippen LogP) is 6.14. The Morgan fingerprint density at radius 2 is 0.962 bits per heavy atom. The van der Waals surface area contributed by atoms with Crippen LogP contribution in [0.25, 0.3) is 21.5 Å². The van der Waals surface area contributed by atoms with E-state index in [4.69, 9.17) is 0 Å². The first-order valence-corrected chi connectivity index (χ1v) is 9.72. The van der Waals surface area contributed by atoms with Crippen LogP contribution in [-0.2, 0) is 0 Å². The lowest BCUT2D eigenvalue weighted by Crippen LogP contribution is -2.20. The second kappa shape index (κ2) is 6.83. The van der Waals surface area contributed by atoms with Gasteiger partial charge in [-0.25, -0.2) is 0 Å². The molecule has 2 heteroatoms. The average molecular weight is 349 g/mol. The van der Waals surface area contributed by atoms with Gasteiger partial charge in [-0.3, -0.25) is 0 Å². The van der Waals surface area contributed by atoms with E-state index in [1.165, 1.54) is 55.2 Å². The normalized spacial score (nSPS) is 11.4. The maximum atomic E-state index is 2.40. The van der Waals surface area contributed by atoms with Gasteiger partial charge in [-0.2, -0.15) is 0 Å². The van der Waals surface area contributed by atoms with Crippen molar-refractivity contribution in [1.29, 1.82) is 0 Å². The van der Waals surface area contributed by atoms with Crippen molar-refractivity contribution in [3.05, 3.63) is 46.5 Å². The molecule has 0 aliphatic rings. The molecule has 0 saturated carbocycles. The lowest BCUT2D eigenvalue weighted by Gasteiger charge is -2.30. The largest absolute Gasteiger partial charge is 0.374 e. The Hall–Kier alpha value is -2.22. The summed E-state index contributed by atoms with van der Waals surface area (Å²) in [7, 11) is 4.43. The van der Waals surface area contributed by atoms with Gasteiger partial charge in [0.2, 0.25) is 0 Å². The maximum absolute atomic E-state index is 2.40. The zero-order valence-electron chi connectivity index (χ0n) is 17.6. The van der Waals surface area contributed by atoms with E-state index >= 15 is 0 Å². The molecule has 0 radical (unpaired) electrons. The van der Waals surface area contributed by atoms with E-state index in [-0.39, 0.29) is 0 Å². The molecule has 0 aliphatic carbocycles. The van der Waals surface area contributed by atoms with Crippen molar-refractivity contribution in [2.75, 3.05) is 37.0 Å². The highest BCUT2D eigenvalue weighted by atomic mass is 15.1. The summed E-state index contributed by atoms with van der Waals surface area (Å²) in [6, 6.07) is 8.90. The van der Waals surface area contributed by atoms with Crippen molar-refractivity contribution in [2.24, 2.45) is 0 Å². The summed E-state index contributed by atoms with van der Waals surface area (Å²) in [6.07, 6.45) is 0. The summed E-state index contributed by atoms with van der Waals surface area (Å²) in [4.78, 5) is 4.81. The molecule has 138 valence electrons. The third-order valence-electron chi connectivity index (χ3n) is 6.31. The summed E-state index contributed by atoms with van der Waals surface area (Å²) in [5, 5.41) is 5.55. The van der Waals surface area contributed by atoms with Gasteiger partial charge in [0.15, 0.2) is 0 Å². The molecule has 0 fully saturated rings. The zero-order valence-corrected chi connectivity index (χ0v) is 17.6. The minimum atomic E-state index is 0.994. The summed E-state index contributed by atoms with van der Waals surface area (Å²) >= 11 is 0. The second-order valence-corrected chi connectivity index (χ2v) is 7.52. The van der Waals surface area contributed by atoms with Crippen molar-refractivity contribution in [3.63, 3.8) is 0 Å². The van der Waals surface area contributed by atoms with E-state index in [1.807, 2.05) is 0 Å². The smallest absolute Gasteiger partial charge is 0.0527 e. The fraction of sp³-hybridized carbons (Fsp3) is 0.417. The molecule has 3 rings (SSSR count). The SMILES string of the molecule is CCN(C)c1c2ccccc2c(N(C)CC)c2c(C)c(C)c(C)c(C)c12. The first kappa shape index (κ1) is 18.6. The van der Waals surface area contributed by atoms with Gasteiger partial charge in [0.25, 0.3) is 0 Å². The molecule has 0 heterocycles. The monoisotopic (exact) mass is 348 g/mol. The topological polar surface area (TPSA) is 6.48 Å². The molecular formula is C24H32N2. The predicted molar refractivity (Wildman–Crippen MR) is 118 cm³/mol. The average Bonchev–Trinajstić information content (AvgIpc) is 2.67. The van der Waals surface area contributed by atoms with E-state index in [0.717, 1.165) is 13.1 Å². The van der Waals surface area contributed by atoms with E-state index < -0.39 is 0 Å². The van der Waals surface area contributed by atoms with E-state index in [2.05, 4.69) is 89.7 Å². The molecule has 0 N–H and O–H groups in total. The summed E-state index contributed by atoms with van der Waals surface area (Å²) < 4.78 is 0. The molecule has 3 aromatic carbocycles. The fourth-order valence-corrected chi connectivity index (χ4v) is 4.18. The van der Waals surface area contributed by atoms with Crippen LogP contribution in [0.3, 0.4) is 0 Å². The Labute approximate surface area is 158 Å². The number of hydrogen-bond acceptors (Lipinski definition) is 2. The van der Waals surface area contributed by atoms with Gasteiger partial charge in [0.05, 0.1) is 11.4 Å². The molecule has 0 unspecified atom stereocenters. The summed E-state index contributed by atoms with van der Waals surface area (Å²) in [5.74, 6) is 0. The van der Waals surface area contributed by atoms with E-state index in [0.29, 0.717) is 0 Å². The van der Waals surface area contributed by atoms with E-state index in [1.54, 1.807) is 0 Å². The van der Waals surface area contributed by atoms with Crippen LogP contribution >= 0.6 is 0 Å². The van der Waals surface area contributed by atoms with Crippen molar-refractivity contribution in [2.45, 2.75) is 41.5 Å². The molecule has 0 saturated heterocycles. The van der Waals surface area contributed by atoms with Gasteiger partial charge in [-0.1, -0.05) is 24.3 Å². The quantitative estimate of drug-likeness (QED) is 0.413. The van der Waals surface area contributed by atoms with Gasteiger partial charge < -0.3 is 9.80 Å². The molecule has 2 nitrogen and oxygen atoms in total. The Morgan fingerprint density at radius 1 is 0.615 bits per heavy atom. The molecule has 0 aliphatic heterocycles. The van der Waals surface area contributed by atoms with Crippen LogP contribution in [0.5, 0.6) is 0 Å². The van der Waals surface area contributed by atoms with Crippen LogP contribution in [-0.4, -0.2) is 27.2 Å². The highest BCUT2D eigenvalue weighted by Crippen LogP contribution is 2.46. The zero-order chi connectivity index (χ0) is 19.2. The molecule has 0 bridgehead atoms. The highest BCUT2D eigenvalue weighted by molar-refractivity contribution is 6.22. The number of aryl methyl sites for hydroxylation is 2. The Balaban J connectivity index is 2.73. The Morgan fingerprint density at radius 3 is 1.27 bits per heavy atom. The van der Waals surface area contributed by atoms with Gasteiger partial charge >= 0.3 is 0 Å². The van der Waals surface area contributed by atoms with Crippen LogP contribution in [0.15, 0.2) is 24.3 Å². The van der Waals surface area contributed by atoms with Gasteiger partial charge in [0, 0.05) is 48.7 Å². The molecular weight excluding hydrogens is 316 g/mol. The minimum absolute atomic E-state index is 0.994. The maximum Gasteiger partial charge on any atom is 0.0527 e. The standard InChI is InChI=1S/C24H32N2/c1-9-25(7)23-19-13-11-12-14-20(19)24(26(8)10-2)22-18(6)16(4)15(3)17(5)21(22)23/h11-14H,9-10H2,1-8H3. The van der Waals surface area contributed by atoms with Crippen molar-refractivity contribution in [3.8, 4) is 0 Å². The number of anilines is 2. The van der Waals surface area contributed by atoms with Gasteiger partial charge in [-0.05, 0) is 63.8 Å². The summed E-state index contributed by atoms with van der Waals surface area (Å²) in [6.45, 7) is 15.6. The number of rotatable bonds is 4. The Kier molecular flexibility index (Phi) is 4.88. The fourth-order valence-electron chi connectivity index (χ4n) is 4.18. The van der Waals surface area contributed by atoms with Crippen LogP contribution < -0.4 is 9.80 Å². The molecule has 0 atom stereocenters. The molecule has 3 aromatic rings. The third kappa shape index (κ3) is 2.55. The second-order valence-electron chi connectivity index (χ2n) is 7.52.